The summed E-state index contributed by atoms with van der Waals surface area (Å²) in [6.07, 6.45) is 1.75. The van der Waals surface area contributed by atoms with Crippen molar-refractivity contribution in [3.05, 3.63) is 89.1 Å². The normalized spacial score (nSPS) is 13.5. The number of carbonyl (C=O) groups is 2. The molecular formula is C25H24ClN3O4. The second kappa shape index (κ2) is 10.8. The molecule has 33 heavy (non-hydrogen) atoms. The van der Waals surface area contributed by atoms with Crippen LogP contribution in [-0.4, -0.2) is 54.5 Å². The predicted octanol–water partition coefficient (Wildman–Crippen LogP) is 3.82. The summed E-state index contributed by atoms with van der Waals surface area (Å²) in [4.78, 5) is 33.4. The Kier molecular flexibility index (Phi) is 7.42. The molecule has 0 spiro atoms. The van der Waals surface area contributed by atoms with Crippen molar-refractivity contribution in [3.63, 3.8) is 0 Å². The Bertz CT molecular complexity index is 1100. The summed E-state index contributed by atoms with van der Waals surface area (Å²) in [6.45, 7) is 2.34. The van der Waals surface area contributed by atoms with Crippen molar-refractivity contribution in [2.75, 3.05) is 37.7 Å². The third-order valence-electron chi connectivity index (χ3n) is 5.38. The number of rotatable bonds is 7. The Hall–Kier alpha value is -3.58. The van der Waals surface area contributed by atoms with Gasteiger partial charge in [0.1, 0.15) is 23.7 Å². The van der Waals surface area contributed by atoms with Gasteiger partial charge < -0.3 is 19.3 Å². The molecule has 1 amide bonds. The quantitative estimate of drug-likeness (QED) is 0.494. The van der Waals surface area contributed by atoms with E-state index in [1.807, 2.05) is 36.4 Å². The van der Waals surface area contributed by atoms with E-state index in [1.165, 1.54) is 0 Å². The molecule has 0 radical (unpaired) electrons. The molecule has 0 unspecified atom stereocenters. The van der Waals surface area contributed by atoms with Crippen molar-refractivity contribution >= 4 is 29.3 Å². The number of pyridine rings is 1. The lowest BCUT2D eigenvalue weighted by Crippen LogP contribution is -2.50. The zero-order chi connectivity index (χ0) is 23.0. The Balaban J connectivity index is 1.29. The van der Waals surface area contributed by atoms with Crippen LogP contribution in [0.1, 0.15) is 15.9 Å². The lowest BCUT2D eigenvalue weighted by atomic mass is 10.2. The molecule has 1 aliphatic rings. The maximum Gasteiger partial charge on any atom is 0.342 e. The first kappa shape index (κ1) is 22.6. The molecule has 1 aromatic heterocycles. The van der Waals surface area contributed by atoms with E-state index in [4.69, 9.17) is 21.1 Å². The first-order valence-corrected chi connectivity index (χ1v) is 11.1. The van der Waals surface area contributed by atoms with Crippen LogP contribution in [0.15, 0.2) is 72.9 Å². The average molecular weight is 466 g/mol. The van der Waals surface area contributed by atoms with Crippen molar-refractivity contribution in [1.82, 2.24) is 9.88 Å². The Labute approximate surface area is 197 Å². The number of carbonyl (C=O) groups excluding carboxylic acids is 2. The molecule has 0 bridgehead atoms. The number of esters is 1. The molecule has 1 fully saturated rings. The van der Waals surface area contributed by atoms with Crippen LogP contribution in [0.4, 0.5) is 5.82 Å². The third-order valence-corrected chi connectivity index (χ3v) is 5.75. The number of nitrogens with zero attached hydrogens (tertiary/aromatic N) is 3. The molecule has 0 N–H and O–H groups in total. The largest absolute Gasteiger partial charge is 0.488 e. The topological polar surface area (TPSA) is 72.0 Å². The number of piperazine rings is 1. The fourth-order valence-electron chi connectivity index (χ4n) is 3.55. The summed E-state index contributed by atoms with van der Waals surface area (Å²) >= 11 is 6.17. The summed E-state index contributed by atoms with van der Waals surface area (Å²) < 4.78 is 11.1. The van der Waals surface area contributed by atoms with Gasteiger partial charge in [0, 0.05) is 43.0 Å². The Morgan fingerprint density at radius 1 is 0.909 bits per heavy atom. The van der Waals surface area contributed by atoms with Gasteiger partial charge in [0.15, 0.2) is 6.61 Å². The van der Waals surface area contributed by atoms with Gasteiger partial charge in [-0.2, -0.15) is 0 Å². The number of hydrogen-bond donors (Lipinski definition) is 0. The summed E-state index contributed by atoms with van der Waals surface area (Å²) in [6, 6.07) is 19.9. The van der Waals surface area contributed by atoms with Gasteiger partial charge in [-0.05, 0) is 30.3 Å². The first-order valence-electron chi connectivity index (χ1n) is 10.7. The van der Waals surface area contributed by atoms with Crippen LogP contribution in [0.25, 0.3) is 0 Å². The Morgan fingerprint density at radius 3 is 2.39 bits per heavy atom. The molecule has 170 valence electrons. The van der Waals surface area contributed by atoms with Crippen LogP contribution < -0.4 is 9.64 Å². The first-order chi connectivity index (χ1) is 16.1. The van der Waals surface area contributed by atoms with Gasteiger partial charge in [0.2, 0.25) is 0 Å². The lowest BCUT2D eigenvalue weighted by molar-refractivity contribution is -0.134. The molecular weight excluding hydrogens is 442 g/mol. The molecule has 0 aliphatic carbocycles. The highest BCUT2D eigenvalue weighted by Gasteiger charge is 2.23. The second-order valence-corrected chi connectivity index (χ2v) is 7.92. The number of ether oxygens (including phenoxy) is 2. The van der Waals surface area contributed by atoms with E-state index in [9.17, 15) is 9.59 Å². The molecule has 3 aromatic rings. The molecule has 7 nitrogen and oxygen atoms in total. The SMILES string of the molecule is O=C(OCC(=O)N1CCN(c2ccccn2)CC1)c1ccccc1OCc1ccccc1Cl. The molecule has 0 atom stereocenters. The second-order valence-electron chi connectivity index (χ2n) is 7.51. The van der Waals surface area contributed by atoms with Crippen LogP contribution in [0.5, 0.6) is 5.75 Å². The third kappa shape index (κ3) is 5.81. The number of halogens is 1. The molecule has 1 aliphatic heterocycles. The van der Waals surface area contributed by atoms with E-state index in [2.05, 4.69) is 9.88 Å². The number of amides is 1. The monoisotopic (exact) mass is 465 g/mol. The minimum absolute atomic E-state index is 0.212. The highest BCUT2D eigenvalue weighted by Crippen LogP contribution is 2.23. The van der Waals surface area contributed by atoms with E-state index >= 15 is 0 Å². The van der Waals surface area contributed by atoms with E-state index < -0.39 is 5.97 Å². The zero-order valence-corrected chi connectivity index (χ0v) is 18.8. The number of aromatic nitrogens is 1. The molecule has 0 saturated carbocycles. The van der Waals surface area contributed by atoms with Gasteiger partial charge in [0.25, 0.3) is 5.91 Å². The summed E-state index contributed by atoms with van der Waals surface area (Å²) in [5.74, 6) is 0.437. The highest BCUT2D eigenvalue weighted by atomic mass is 35.5. The smallest absolute Gasteiger partial charge is 0.342 e. The van der Waals surface area contributed by atoms with Crippen molar-refractivity contribution < 1.29 is 19.1 Å². The van der Waals surface area contributed by atoms with Gasteiger partial charge in [-0.1, -0.05) is 48.0 Å². The van der Waals surface area contributed by atoms with Gasteiger partial charge in [-0.15, -0.1) is 0 Å². The minimum Gasteiger partial charge on any atom is -0.488 e. The van der Waals surface area contributed by atoms with Crippen molar-refractivity contribution in [2.24, 2.45) is 0 Å². The molecule has 4 rings (SSSR count). The summed E-state index contributed by atoms with van der Waals surface area (Å²) in [5, 5.41) is 0.589. The fraction of sp³-hybridized carbons (Fsp3) is 0.240. The van der Waals surface area contributed by atoms with Crippen molar-refractivity contribution in [2.45, 2.75) is 6.61 Å². The highest BCUT2D eigenvalue weighted by molar-refractivity contribution is 6.31. The lowest BCUT2D eigenvalue weighted by Gasteiger charge is -2.35. The van der Waals surface area contributed by atoms with Crippen LogP contribution in [0, 0.1) is 0 Å². The van der Waals surface area contributed by atoms with E-state index in [1.54, 1.807) is 41.4 Å². The van der Waals surface area contributed by atoms with Crippen LogP contribution in [0.3, 0.4) is 0 Å². The average Bonchev–Trinajstić information content (AvgIpc) is 2.87. The van der Waals surface area contributed by atoms with Gasteiger partial charge in [0.05, 0.1) is 0 Å². The number of anilines is 1. The van der Waals surface area contributed by atoms with Gasteiger partial charge in [-0.3, -0.25) is 4.79 Å². The maximum atomic E-state index is 12.7. The maximum absolute atomic E-state index is 12.7. The molecule has 2 heterocycles. The molecule has 1 saturated heterocycles. The summed E-state index contributed by atoms with van der Waals surface area (Å²) in [7, 11) is 0. The fourth-order valence-corrected chi connectivity index (χ4v) is 3.74. The molecule has 8 heteroatoms. The predicted molar refractivity (Wildman–Crippen MR) is 126 cm³/mol. The number of benzene rings is 2. The van der Waals surface area contributed by atoms with Crippen LogP contribution in [0.2, 0.25) is 5.02 Å². The number of hydrogen-bond acceptors (Lipinski definition) is 6. The van der Waals surface area contributed by atoms with Gasteiger partial charge in [-0.25, -0.2) is 9.78 Å². The summed E-state index contributed by atoms with van der Waals surface area (Å²) in [5.41, 5.74) is 1.07. The standard InChI is InChI=1S/C25H24ClN3O4/c26-21-9-3-1-7-19(21)17-32-22-10-4-2-8-20(22)25(31)33-18-24(30)29-15-13-28(14-16-29)23-11-5-6-12-27-23/h1-12H,13-18H2. The minimum atomic E-state index is -0.606. The zero-order valence-electron chi connectivity index (χ0n) is 18.0. The van der Waals surface area contributed by atoms with E-state index in [-0.39, 0.29) is 24.7 Å². The van der Waals surface area contributed by atoms with Gasteiger partial charge >= 0.3 is 5.97 Å². The number of para-hydroxylation sites is 1. The van der Waals surface area contributed by atoms with E-state index in [0.717, 1.165) is 11.4 Å². The van der Waals surface area contributed by atoms with Crippen LogP contribution >= 0.6 is 11.6 Å². The Morgan fingerprint density at radius 2 is 1.64 bits per heavy atom. The molecule has 2 aromatic carbocycles. The van der Waals surface area contributed by atoms with Crippen molar-refractivity contribution in [3.8, 4) is 5.75 Å². The van der Waals surface area contributed by atoms with E-state index in [0.29, 0.717) is 37.0 Å². The van der Waals surface area contributed by atoms with Crippen molar-refractivity contribution in [1.29, 1.82) is 0 Å². The van der Waals surface area contributed by atoms with Crippen LogP contribution in [-0.2, 0) is 16.1 Å².